The summed E-state index contributed by atoms with van der Waals surface area (Å²) in [5, 5.41) is 0.655. The first kappa shape index (κ1) is 12.8. The quantitative estimate of drug-likeness (QED) is 0.708. The summed E-state index contributed by atoms with van der Waals surface area (Å²) in [7, 11) is 0. The number of halogens is 2. The summed E-state index contributed by atoms with van der Waals surface area (Å²) >= 11 is 10.9. The van der Waals surface area contributed by atoms with E-state index in [0.29, 0.717) is 10.6 Å². The summed E-state index contributed by atoms with van der Waals surface area (Å²) in [6.07, 6.45) is 0. The van der Waals surface area contributed by atoms with Crippen molar-refractivity contribution >= 4 is 44.7 Å². The Morgan fingerprint density at radius 2 is 1.94 bits per heavy atom. The molecule has 0 atom stereocenters. The third-order valence-electron chi connectivity index (χ3n) is 2.57. The molecular formula is C13H10BrClOS. The maximum absolute atomic E-state index is 12.4. The topological polar surface area (TPSA) is 17.1 Å². The fraction of sp³-hybridized carbons (Fsp3) is 0.154. The molecule has 2 aromatic rings. The van der Waals surface area contributed by atoms with Crippen molar-refractivity contribution in [2.24, 2.45) is 0 Å². The van der Waals surface area contributed by atoms with Gasteiger partial charge in [-0.05, 0) is 59.6 Å². The van der Waals surface area contributed by atoms with Crippen molar-refractivity contribution in [1.29, 1.82) is 0 Å². The van der Waals surface area contributed by atoms with Gasteiger partial charge in [-0.25, -0.2) is 0 Å². The first-order valence-electron chi connectivity index (χ1n) is 5.06. The van der Waals surface area contributed by atoms with E-state index in [0.717, 1.165) is 19.8 Å². The zero-order chi connectivity index (χ0) is 12.6. The number of aryl methyl sites for hydroxylation is 2. The lowest BCUT2D eigenvalue weighted by Crippen LogP contribution is -2.03. The molecule has 0 fully saturated rings. The Hall–Kier alpha value is -0.640. The number of ketones is 1. The average Bonchev–Trinajstić information content (AvgIpc) is 2.57. The van der Waals surface area contributed by atoms with Crippen molar-refractivity contribution in [3.05, 3.63) is 54.6 Å². The molecule has 0 aliphatic rings. The molecule has 2 rings (SSSR count). The van der Waals surface area contributed by atoms with Gasteiger partial charge in [0.05, 0.1) is 3.79 Å². The number of carbonyl (C=O) groups excluding carboxylic acids is 1. The predicted octanol–water partition coefficient (Wildman–Crippen LogP) is 5.01. The molecule has 4 heteroatoms. The molecule has 0 N–H and O–H groups in total. The van der Waals surface area contributed by atoms with Crippen LogP contribution in [0, 0.1) is 13.8 Å². The van der Waals surface area contributed by atoms with Crippen LogP contribution in [0.1, 0.15) is 26.4 Å². The highest BCUT2D eigenvalue weighted by molar-refractivity contribution is 9.11. The van der Waals surface area contributed by atoms with Crippen LogP contribution in [0.2, 0.25) is 5.02 Å². The van der Waals surface area contributed by atoms with E-state index in [1.54, 1.807) is 23.5 Å². The van der Waals surface area contributed by atoms with E-state index < -0.39 is 0 Å². The average molecular weight is 330 g/mol. The van der Waals surface area contributed by atoms with Crippen LogP contribution < -0.4 is 0 Å². The SMILES string of the molecule is Cc1cc(Cl)ccc1C(=O)c1cc(Br)sc1C. The van der Waals surface area contributed by atoms with Gasteiger partial charge in [-0.3, -0.25) is 4.79 Å². The van der Waals surface area contributed by atoms with Crippen molar-refractivity contribution in [3.63, 3.8) is 0 Å². The third-order valence-corrected chi connectivity index (χ3v) is 4.35. The zero-order valence-corrected chi connectivity index (χ0v) is 12.5. The molecule has 0 unspecified atom stereocenters. The molecule has 88 valence electrons. The molecule has 0 saturated carbocycles. The Balaban J connectivity index is 2.47. The highest BCUT2D eigenvalue weighted by atomic mass is 79.9. The lowest BCUT2D eigenvalue weighted by atomic mass is 10.00. The van der Waals surface area contributed by atoms with Gasteiger partial charge in [-0.2, -0.15) is 0 Å². The van der Waals surface area contributed by atoms with Crippen LogP contribution in [0.15, 0.2) is 28.1 Å². The molecule has 0 bridgehead atoms. The minimum Gasteiger partial charge on any atom is -0.289 e. The van der Waals surface area contributed by atoms with E-state index in [2.05, 4.69) is 15.9 Å². The predicted molar refractivity (Wildman–Crippen MR) is 76.4 cm³/mol. The van der Waals surface area contributed by atoms with Gasteiger partial charge in [0.1, 0.15) is 0 Å². The second kappa shape index (κ2) is 4.92. The lowest BCUT2D eigenvalue weighted by Gasteiger charge is -2.04. The van der Waals surface area contributed by atoms with Gasteiger partial charge in [-0.15, -0.1) is 11.3 Å². The summed E-state index contributed by atoms with van der Waals surface area (Å²) in [4.78, 5) is 13.4. The molecule has 1 aromatic carbocycles. The number of hydrogen-bond acceptors (Lipinski definition) is 2. The second-order valence-electron chi connectivity index (χ2n) is 3.81. The highest BCUT2D eigenvalue weighted by Crippen LogP contribution is 2.29. The third kappa shape index (κ3) is 2.62. The first-order chi connectivity index (χ1) is 7.99. The van der Waals surface area contributed by atoms with Crippen molar-refractivity contribution in [1.82, 2.24) is 0 Å². The largest absolute Gasteiger partial charge is 0.289 e. The number of benzene rings is 1. The van der Waals surface area contributed by atoms with Gasteiger partial charge in [-0.1, -0.05) is 11.6 Å². The van der Waals surface area contributed by atoms with Gasteiger partial charge in [0.2, 0.25) is 0 Å². The van der Waals surface area contributed by atoms with Crippen LogP contribution in [-0.4, -0.2) is 5.78 Å². The minimum atomic E-state index is 0.0543. The zero-order valence-electron chi connectivity index (χ0n) is 9.38. The molecule has 0 amide bonds. The molecule has 1 aromatic heterocycles. The molecule has 17 heavy (non-hydrogen) atoms. The van der Waals surface area contributed by atoms with E-state index in [-0.39, 0.29) is 5.78 Å². The van der Waals surface area contributed by atoms with Crippen LogP contribution in [0.25, 0.3) is 0 Å². The number of carbonyl (C=O) groups is 1. The van der Waals surface area contributed by atoms with Gasteiger partial charge in [0, 0.05) is 21.0 Å². The molecular weight excluding hydrogens is 320 g/mol. The fourth-order valence-corrected chi connectivity index (χ4v) is 3.61. The summed E-state index contributed by atoms with van der Waals surface area (Å²) in [6.45, 7) is 3.85. The number of hydrogen-bond donors (Lipinski definition) is 0. The van der Waals surface area contributed by atoms with E-state index in [4.69, 9.17) is 11.6 Å². The number of rotatable bonds is 2. The van der Waals surface area contributed by atoms with E-state index in [1.165, 1.54) is 0 Å². The highest BCUT2D eigenvalue weighted by Gasteiger charge is 2.16. The summed E-state index contributed by atoms with van der Waals surface area (Å²) < 4.78 is 0.977. The van der Waals surface area contributed by atoms with Crippen molar-refractivity contribution in [3.8, 4) is 0 Å². The monoisotopic (exact) mass is 328 g/mol. The van der Waals surface area contributed by atoms with E-state index in [9.17, 15) is 4.79 Å². The Bertz CT molecular complexity index is 589. The van der Waals surface area contributed by atoms with Crippen LogP contribution in [-0.2, 0) is 0 Å². The molecule has 0 radical (unpaired) electrons. The molecule has 1 heterocycles. The lowest BCUT2D eigenvalue weighted by molar-refractivity contribution is 0.103. The number of thiophene rings is 1. The fourth-order valence-electron chi connectivity index (χ4n) is 1.70. The molecule has 1 nitrogen and oxygen atoms in total. The van der Waals surface area contributed by atoms with Crippen LogP contribution >= 0.6 is 38.9 Å². The molecule has 0 spiro atoms. The van der Waals surface area contributed by atoms with Gasteiger partial charge in [0.15, 0.2) is 5.78 Å². The molecule has 0 aliphatic heterocycles. The van der Waals surface area contributed by atoms with Crippen LogP contribution in [0.5, 0.6) is 0 Å². The molecule has 0 aliphatic carbocycles. The Labute approximate surface area is 118 Å². The standard InChI is InChI=1S/C13H10BrClOS/c1-7-5-9(15)3-4-10(7)13(16)11-6-12(14)17-8(11)2/h3-6H,1-2H3. The summed E-state index contributed by atoms with van der Waals surface area (Å²) in [5.74, 6) is 0.0543. The molecule has 0 saturated heterocycles. The van der Waals surface area contributed by atoms with Crippen molar-refractivity contribution in [2.75, 3.05) is 0 Å². The smallest absolute Gasteiger partial charge is 0.194 e. The summed E-state index contributed by atoms with van der Waals surface area (Å²) in [5.41, 5.74) is 2.37. The normalized spacial score (nSPS) is 10.6. The van der Waals surface area contributed by atoms with E-state index >= 15 is 0 Å². The van der Waals surface area contributed by atoms with Crippen molar-refractivity contribution < 1.29 is 4.79 Å². The van der Waals surface area contributed by atoms with Crippen LogP contribution in [0.4, 0.5) is 0 Å². The Morgan fingerprint density at radius 1 is 1.24 bits per heavy atom. The van der Waals surface area contributed by atoms with E-state index in [1.807, 2.05) is 26.0 Å². The Morgan fingerprint density at radius 3 is 2.47 bits per heavy atom. The Kier molecular flexibility index (Phi) is 3.71. The van der Waals surface area contributed by atoms with Crippen LogP contribution in [0.3, 0.4) is 0 Å². The maximum Gasteiger partial charge on any atom is 0.194 e. The van der Waals surface area contributed by atoms with Gasteiger partial charge in [0.25, 0.3) is 0 Å². The maximum atomic E-state index is 12.4. The van der Waals surface area contributed by atoms with Crippen molar-refractivity contribution in [2.45, 2.75) is 13.8 Å². The first-order valence-corrected chi connectivity index (χ1v) is 7.04. The van der Waals surface area contributed by atoms with Gasteiger partial charge < -0.3 is 0 Å². The summed E-state index contributed by atoms with van der Waals surface area (Å²) in [6, 6.07) is 7.21. The second-order valence-corrected chi connectivity index (χ2v) is 6.88. The minimum absolute atomic E-state index is 0.0543. The van der Waals surface area contributed by atoms with Gasteiger partial charge >= 0.3 is 0 Å².